The van der Waals surface area contributed by atoms with Gasteiger partial charge >= 0.3 is 0 Å². The predicted molar refractivity (Wildman–Crippen MR) is 65.5 cm³/mol. The molecule has 0 aromatic rings. The molecule has 0 radical (unpaired) electrons. The molecule has 0 aromatic heterocycles. The standard InChI is InChI=1S/C5H7Br5/c6-2-1-3(7)4(8)5(9)10/h3-5H,1-2H2. The molecular formula is C5H7Br5. The third kappa shape index (κ3) is 5.12. The van der Waals surface area contributed by atoms with Gasteiger partial charge < -0.3 is 0 Å². The van der Waals surface area contributed by atoms with Gasteiger partial charge in [-0.05, 0) is 6.42 Å². The predicted octanol–water partition coefficient (Wildman–Crippen LogP) is 4.41. The normalized spacial score (nSPS) is 17.4. The van der Waals surface area contributed by atoms with E-state index in [1.807, 2.05) is 0 Å². The molecular weight excluding hydrogens is 460 g/mol. The summed E-state index contributed by atoms with van der Waals surface area (Å²) in [5, 5.41) is 1.03. The van der Waals surface area contributed by atoms with E-state index in [0.717, 1.165) is 11.8 Å². The van der Waals surface area contributed by atoms with Gasteiger partial charge in [0.25, 0.3) is 0 Å². The first kappa shape index (κ1) is 12.4. The number of hydrogen-bond acceptors (Lipinski definition) is 0. The van der Waals surface area contributed by atoms with Gasteiger partial charge in [-0.3, -0.25) is 0 Å². The van der Waals surface area contributed by atoms with E-state index in [1.54, 1.807) is 0 Å². The quantitative estimate of drug-likeness (QED) is 0.539. The average Bonchev–Trinajstić information content (AvgIpc) is 1.87. The molecule has 0 spiro atoms. The van der Waals surface area contributed by atoms with Gasteiger partial charge in [-0.15, -0.1) is 0 Å². The zero-order valence-electron chi connectivity index (χ0n) is 5.04. The van der Waals surface area contributed by atoms with Crippen molar-refractivity contribution in [1.29, 1.82) is 0 Å². The number of alkyl halides is 5. The van der Waals surface area contributed by atoms with E-state index in [-0.39, 0.29) is 0 Å². The lowest BCUT2D eigenvalue weighted by molar-refractivity contribution is 0.841. The first-order valence-corrected chi connectivity index (χ1v) is 7.50. The van der Waals surface area contributed by atoms with Crippen LogP contribution in [0.15, 0.2) is 0 Å². The minimum absolute atomic E-state index is 0.323. The van der Waals surface area contributed by atoms with Crippen LogP contribution in [0.5, 0.6) is 0 Å². The van der Waals surface area contributed by atoms with E-state index in [4.69, 9.17) is 0 Å². The Bertz CT molecular complexity index is 84.1. The van der Waals surface area contributed by atoms with E-state index in [2.05, 4.69) is 79.6 Å². The highest BCUT2D eigenvalue weighted by molar-refractivity contribution is 9.25. The number of hydrogen-bond donors (Lipinski definition) is 0. The van der Waals surface area contributed by atoms with E-state index >= 15 is 0 Å². The van der Waals surface area contributed by atoms with Crippen molar-refractivity contribution in [3.8, 4) is 0 Å². The molecule has 0 bridgehead atoms. The van der Waals surface area contributed by atoms with Crippen molar-refractivity contribution in [2.75, 3.05) is 5.33 Å². The summed E-state index contributed by atoms with van der Waals surface area (Å²) in [5.74, 6) is 0. The van der Waals surface area contributed by atoms with Crippen molar-refractivity contribution in [3.05, 3.63) is 0 Å². The van der Waals surface area contributed by atoms with Crippen LogP contribution in [0.3, 0.4) is 0 Å². The van der Waals surface area contributed by atoms with Gasteiger partial charge in [0.05, 0.1) is 3.74 Å². The van der Waals surface area contributed by atoms with E-state index < -0.39 is 0 Å². The summed E-state index contributed by atoms with van der Waals surface area (Å²) in [6.07, 6.45) is 1.11. The van der Waals surface area contributed by atoms with Gasteiger partial charge in [0, 0.05) is 15.0 Å². The van der Waals surface area contributed by atoms with Crippen LogP contribution in [0.2, 0.25) is 0 Å². The fourth-order valence-corrected chi connectivity index (χ4v) is 3.88. The summed E-state index contributed by atoms with van der Waals surface area (Å²) in [4.78, 5) is 0.917. The maximum atomic E-state index is 3.57. The van der Waals surface area contributed by atoms with Crippen LogP contribution >= 0.6 is 79.6 Å². The number of halogens is 5. The molecule has 0 amide bonds. The molecule has 2 unspecified atom stereocenters. The molecule has 0 saturated heterocycles. The fraction of sp³-hybridized carbons (Fsp3) is 1.00. The average molecular weight is 467 g/mol. The van der Waals surface area contributed by atoms with Gasteiger partial charge in [-0.1, -0.05) is 79.6 Å². The van der Waals surface area contributed by atoms with Crippen molar-refractivity contribution in [3.63, 3.8) is 0 Å². The Morgan fingerprint density at radius 3 is 1.80 bits per heavy atom. The molecule has 10 heavy (non-hydrogen) atoms. The second kappa shape index (κ2) is 6.87. The second-order valence-corrected chi connectivity index (χ2v) is 8.00. The first-order chi connectivity index (χ1) is 4.59. The van der Waals surface area contributed by atoms with Crippen LogP contribution < -0.4 is 0 Å². The first-order valence-electron chi connectivity index (χ1n) is 2.72. The number of rotatable bonds is 4. The van der Waals surface area contributed by atoms with Gasteiger partial charge in [0.1, 0.15) is 0 Å². The smallest absolute Gasteiger partial charge is 0.0833 e. The molecule has 0 heterocycles. The molecule has 0 rings (SSSR count). The Morgan fingerprint density at radius 1 is 1.00 bits per heavy atom. The summed E-state index contributed by atoms with van der Waals surface area (Å²) in [7, 11) is 0. The molecule has 0 N–H and O–H groups in total. The highest BCUT2D eigenvalue weighted by Gasteiger charge is 2.20. The van der Waals surface area contributed by atoms with Crippen molar-refractivity contribution in [1.82, 2.24) is 0 Å². The Morgan fingerprint density at radius 2 is 1.50 bits per heavy atom. The monoisotopic (exact) mass is 462 g/mol. The van der Waals surface area contributed by atoms with Gasteiger partial charge in [-0.2, -0.15) is 0 Å². The lowest BCUT2D eigenvalue weighted by atomic mass is 10.3. The summed E-state index contributed by atoms with van der Waals surface area (Å²) < 4.78 is 0.323. The maximum absolute atomic E-state index is 3.57. The van der Waals surface area contributed by atoms with E-state index in [1.165, 1.54) is 0 Å². The maximum Gasteiger partial charge on any atom is 0.0833 e. The molecule has 0 aliphatic heterocycles. The molecule has 0 saturated carbocycles. The Hall–Kier alpha value is 2.40. The summed E-state index contributed by atoms with van der Waals surface area (Å²) in [5.41, 5.74) is 0. The molecule has 2 atom stereocenters. The zero-order valence-corrected chi connectivity index (χ0v) is 13.0. The van der Waals surface area contributed by atoms with Crippen molar-refractivity contribution >= 4 is 79.6 Å². The van der Waals surface area contributed by atoms with Crippen molar-refractivity contribution in [2.45, 2.75) is 19.8 Å². The molecule has 0 aliphatic carbocycles. The summed E-state index contributed by atoms with van der Waals surface area (Å²) >= 11 is 17.4. The Balaban J connectivity index is 3.58. The Kier molecular flexibility index (Phi) is 8.51. The zero-order chi connectivity index (χ0) is 8.15. The highest BCUT2D eigenvalue weighted by Crippen LogP contribution is 2.28. The van der Waals surface area contributed by atoms with Crippen LogP contribution in [0.25, 0.3) is 0 Å². The van der Waals surface area contributed by atoms with Crippen molar-refractivity contribution in [2.24, 2.45) is 0 Å². The summed E-state index contributed by atoms with van der Waals surface area (Å²) in [6.45, 7) is 0. The fourth-order valence-electron chi connectivity index (χ4n) is 0.421. The van der Waals surface area contributed by atoms with Crippen LogP contribution in [0, 0.1) is 0 Å². The van der Waals surface area contributed by atoms with Crippen LogP contribution in [-0.4, -0.2) is 18.7 Å². The molecule has 0 aromatic carbocycles. The topological polar surface area (TPSA) is 0 Å². The Labute approximate surface area is 104 Å². The molecule has 0 fully saturated rings. The third-order valence-electron chi connectivity index (χ3n) is 0.971. The SMILES string of the molecule is BrCCC(Br)C(Br)C(Br)Br. The summed E-state index contributed by atoms with van der Waals surface area (Å²) in [6, 6.07) is 0. The van der Waals surface area contributed by atoms with E-state index in [0.29, 0.717) is 13.4 Å². The lowest BCUT2D eigenvalue weighted by Crippen LogP contribution is -2.20. The second-order valence-electron chi connectivity index (χ2n) is 1.77. The van der Waals surface area contributed by atoms with Gasteiger partial charge in [0.15, 0.2) is 0 Å². The molecule has 0 aliphatic rings. The largest absolute Gasteiger partial charge is 0.0928 e. The molecule has 62 valence electrons. The minimum Gasteiger partial charge on any atom is -0.0928 e. The lowest BCUT2D eigenvalue weighted by Gasteiger charge is -2.16. The van der Waals surface area contributed by atoms with Crippen LogP contribution in [-0.2, 0) is 0 Å². The van der Waals surface area contributed by atoms with Crippen molar-refractivity contribution < 1.29 is 0 Å². The highest BCUT2D eigenvalue weighted by atomic mass is 79.9. The van der Waals surface area contributed by atoms with Crippen LogP contribution in [0.4, 0.5) is 0 Å². The molecule has 0 nitrogen and oxygen atoms in total. The van der Waals surface area contributed by atoms with Gasteiger partial charge in [-0.25, -0.2) is 0 Å². The molecule has 5 heteroatoms. The van der Waals surface area contributed by atoms with Crippen LogP contribution in [0.1, 0.15) is 6.42 Å². The minimum atomic E-state index is 0.323. The van der Waals surface area contributed by atoms with E-state index in [9.17, 15) is 0 Å². The van der Waals surface area contributed by atoms with Gasteiger partial charge in [0.2, 0.25) is 0 Å². The third-order valence-corrected chi connectivity index (χ3v) is 6.89.